The first-order valence-corrected chi connectivity index (χ1v) is 4.33. The van der Waals surface area contributed by atoms with Crippen molar-refractivity contribution in [1.29, 1.82) is 0 Å². The molecule has 0 aliphatic heterocycles. The predicted molar refractivity (Wildman–Crippen MR) is 53.0 cm³/mol. The highest BCUT2D eigenvalue weighted by Crippen LogP contribution is 2.24. The van der Waals surface area contributed by atoms with Crippen molar-refractivity contribution in [3.8, 4) is 11.3 Å². The van der Waals surface area contributed by atoms with Gasteiger partial charge in [-0.25, -0.2) is 13.5 Å². The summed E-state index contributed by atoms with van der Waals surface area (Å²) in [5.74, 6) is -0.985. The van der Waals surface area contributed by atoms with Gasteiger partial charge in [-0.05, 0) is 24.3 Å². The normalized spacial score (nSPS) is 10.6. The quantitative estimate of drug-likeness (QED) is 0.780. The molecule has 0 fully saturated rings. The fraction of sp³-hybridized carbons (Fsp3) is 0.100. The first-order valence-electron chi connectivity index (χ1n) is 4.33. The van der Waals surface area contributed by atoms with Gasteiger partial charge in [0.05, 0.1) is 0 Å². The molecule has 0 radical (unpaired) electrons. The Labute approximate surface area is 85.1 Å². The Morgan fingerprint density at radius 3 is 2.27 bits per heavy atom. The maximum absolute atomic E-state index is 13.5. The van der Waals surface area contributed by atoms with Crippen molar-refractivity contribution in [1.82, 2.24) is 9.78 Å². The van der Waals surface area contributed by atoms with Crippen molar-refractivity contribution in [3.63, 3.8) is 0 Å². The molecule has 0 aliphatic rings. The van der Waals surface area contributed by atoms with Crippen LogP contribution >= 0.6 is 0 Å². The minimum Gasteiger partial charge on any atom is -0.381 e. The lowest BCUT2D eigenvalue weighted by atomic mass is 10.1. The zero-order chi connectivity index (χ0) is 11.0. The Balaban J connectivity index is 2.54. The third-order valence-corrected chi connectivity index (χ3v) is 2.15. The highest BCUT2D eigenvalue weighted by atomic mass is 19.1. The van der Waals surface area contributed by atoms with Crippen LogP contribution in [0.4, 0.5) is 14.6 Å². The summed E-state index contributed by atoms with van der Waals surface area (Å²) in [5.41, 5.74) is 6.06. The molecule has 1 heterocycles. The van der Waals surface area contributed by atoms with Crippen molar-refractivity contribution in [3.05, 3.63) is 35.9 Å². The van der Waals surface area contributed by atoms with E-state index >= 15 is 0 Å². The van der Waals surface area contributed by atoms with E-state index in [9.17, 15) is 8.78 Å². The van der Waals surface area contributed by atoms with Gasteiger partial charge >= 0.3 is 0 Å². The average molecular weight is 209 g/mol. The van der Waals surface area contributed by atoms with Crippen LogP contribution in [0.3, 0.4) is 0 Å². The topological polar surface area (TPSA) is 43.8 Å². The Kier molecular flexibility index (Phi) is 2.15. The van der Waals surface area contributed by atoms with E-state index in [1.165, 1.54) is 28.9 Å². The van der Waals surface area contributed by atoms with Gasteiger partial charge in [0.15, 0.2) is 11.6 Å². The zero-order valence-electron chi connectivity index (χ0n) is 8.04. The van der Waals surface area contributed by atoms with E-state index in [-0.39, 0.29) is 17.3 Å². The van der Waals surface area contributed by atoms with Crippen LogP contribution in [-0.4, -0.2) is 9.78 Å². The number of hydrogen-bond acceptors (Lipinski definition) is 2. The van der Waals surface area contributed by atoms with Gasteiger partial charge in [0, 0.05) is 12.6 Å². The third kappa shape index (κ3) is 1.56. The molecule has 0 saturated heterocycles. The predicted octanol–water partition coefficient (Wildman–Crippen LogP) is 1.95. The second-order valence-corrected chi connectivity index (χ2v) is 3.18. The third-order valence-electron chi connectivity index (χ3n) is 2.15. The molecular formula is C10H9F2N3. The lowest BCUT2D eigenvalue weighted by molar-refractivity contribution is 0.626. The van der Waals surface area contributed by atoms with E-state index in [0.29, 0.717) is 5.56 Å². The second kappa shape index (κ2) is 3.34. The molecule has 2 rings (SSSR count). The summed E-state index contributed by atoms with van der Waals surface area (Å²) in [7, 11) is 1.55. The molecule has 1 aromatic carbocycles. The van der Waals surface area contributed by atoms with Crippen LogP contribution in [-0.2, 0) is 7.05 Å². The van der Waals surface area contributed by atoms with Crippen LogP contribution in [0.15, 0.2) is 24.3 Å². The van der Waals surface area contributed by atoms with E-state index in [4.69, 9.17) is 5.73 Å². The molecule has 15 heavy (non-hydrogen) atoms. The molecule has 0 aliphatic carbocycles. The van der Waals surface area contributed by atoms with Crippen molar-refractivity contribution in [2.24, 2.45) is 7.05 Å². The summed E-state index contributed by atoms with van der Waals surface area (Å²) in [4.78, 5) is 0. The number of nitrogen functional groups attached to an aromatic ring is 1. The molecule has 78 valence electrons. The standard InChI is InChI=1S/C10H9F2N3/c1-15-10(13)8(12)9(14-15)6-2-4-7(11)5-3-6/h2-5H,13H2,1H3. The molecule has 1 aromatic heterocycles. The van der Waals surface area contributed by atoms with Crippen LogP contribution in [0, 0.1) is 11.6 Å². The Hall–Kier alpha value is -1.91. The fourth-order valence-corrected chi connectivity index (χ4v) is 1.30. The molecule has 0 amide bonds. The number of benzene rings is 1. The van der Waals surface area contributed by atoms with Gasteiger partial charge in [-0.15, -0.1) is 0 Å². The van der Waals surface area contributed by atoms with Gasteiger partial charge in [-0.3, -0.25) is 0 Å². The zero-order valence-corrected chi connectivity index (χ0v) is 8.04. The van der Waals surface area contributed by atoms with E-state index in [1.54, 1.807) is 7.05 Å². The second-order valence-electron chi connectivity index (χ2n) is 3.18. The summed E-state index contributed by atoms with van der Waals surface area (Å²) in [6.45, 7) is 0. The molecule has 0 unspecified atom stereocenters. The molecular weight excluding hydrogens is 200 g/mol. The molecule has 0 spiro atoms. The van der Waals surface area contributed by atoms with Gasteiger partial charge in [-0.1, -0.05) is 0 Å². The molecule has 2 N–H and O–H groups in total. The van der Waals surface area contributed by atoms with Gasteiger partial charge in [0.1, 0.15) is 11.5 Å². The van der Waals surface area contributed by atoms with Crippen LogP contribution in [0.25, 0.3) is 11.3 Å². The van der Waals surface area contributed by atoms with Gasteiger partial charge in [-0.2, -0.15) is 5.10 Å². The number of halogens is 2. The van der Waals surface area contributed by atoms with Crippen molar-refractivity contribution in [2.45, 2.75) is 0 Å². The number of aryl methyl sites for hydroxylation is 1. The summed E-state index contributed by atoms with van der Waals surface area (Å²) in [5, 5.41) is 3.90. The maximum Gasteiger partial charge on any atom is 0.192 e. The first-order chi connectivity index (χ1) is 7.09. The lowest BCUT2D eigenvalue weighted by Crippen LogP contribution is -1.97. The average Bonchev–Trinajstić information content (AvgIpc) is 2.47. The van der Waals surface area contributed by atoms with Crippen molar-refractivity contribution < 1.29 is 8.78 Å². The van der Waals surface area contributed by atoms with Crippen LogP contribution < -0.4 is 5.73 Å². The van der Waals surface area contributed by atoms with Crippen LogP contribution in [0.1, 0.15) is 0 Å². The highest BCUT2D eigenvalue weighted by Gasteiger charge is 2.14. The Morgan fingerprint density at radius 2 is 1.80 bits per heavy atom. The van der Waals surface area contributed by atoms with Gasteiger partial charge < -0.3 is 5.73 Å². The number of aromatic nitrogens is 2. The Morgan fingerprint density at radius 1 is 1.20 bits per heavy atom. The number of rotatable bonds is 1. The Bertz CT molecular complexity index is 488. The van der Waals surface area contributed by atoms with Gasteiger partial charge in [0.25, 0.3) is 0 Å². The molecule has 3 nitrogen and oxygen atoms in total. The largest absolute Gasteiger partial charge is 0.381 e. The number of nitrogens with two attached hydrogens (primary N) is 1. The van der Waals surface area contributed by atoms with Crippen molar-refractivity contribution >= 4 is 5.82 Å². The minimum atomic E-state index is -0.580. The van der Waals surface area contributed by atoms with Crippen LogP contribution in [0.5, 0.6) is 0 Å². The summed E-state index contributed by atoms with van der Waals surface area (Å²) < 4.78 is 27.4. The van der Waals surface area contributed by atoms with Crippen molar-refractivity contribution in [2.75, 3.05) is 5.73 Å². The monoisotopic (exact) mass is 209 g/mol. The van der Waals surface area contributed by atoms with E-state index in [1.807, 2.05) is 0 Å². The highest BCUT2D eigenvalue weighted by molar-refractivity contribution is 5.63. The number of anilines is 1. The number of hydrogen-bond donors (Lipinski definition) is 1. The SMILES string of the molecule is Cn1nc(-c2ccc(F)cc2)c(F)c1N. The summed E-state index contributed by atoms with van der Waals surface area (Å²) in [6.07, 6.45) is 0. The van der Waals surface area contributed by atoms with E-state index in [2.05, 4.69) is 5.10 Å². The fourth-order valence-electron chi connectivity index (χ4n) is 1.30. The van der Waals surface area contributed by atoms with E-state index in [0.717, 1.165) is 0 Å². The molecule has 0 atom stereocenters. The lowest BCUT2D eigenvalue weighted by Gasteiger charge is -1.95. The smallest absolute Gasteiger partial charge is 0.192 e. The molecule has 2 aromatic rings. The summed E-state index contributed by atoms with van der Waals surface area (Å²) >= 11 is 0. The molecule has 0 saturated carbocycles. The van der Waals surface area contributed by atoms with Gasteiger partial charge in [0.2, 0.25) is 0 Å². The number of nitrogens with zero attached hydrogens (tertiary/aromatic N) is 2. The van der Waals surface area contributed by atoms with E-state index < -0.39 is 5.82 Å². The maximum atomic E-state index is 13.5. The molecule has 0 bridgehead atoms. The molecule has 5 heteroatoms. The minimum absolute atomic E-state index is 0.0330. The first kappa shape index (κ1) is 9.64. The van der Waals surface area contributed by atoms with Crippen LogP contribution in [0.2, 0.25) is 0 Å². The summed E-state index contributed by atoms with van der Waals surface area (Å²) in [6, 6.07) is 5.42.